The zero-order valence-electron chi connectivity index (χ0n) is 15.4. The summed E-state index contributed by atoms with van der Waals surface area (Å²) in [5.41, 5.74) is 2.57. The normalized spacial score (nSPS) is 18.5. The Hall–Kier alpha value is -3.39. The van der Waals surface area contributed by atoms with Crippen LogP contribution in [-0.2, 0) is 4.74 Å². The fraction of sp³-hybridized carbons (Fsp3) is 0.250. The van der Waals surface area contributed by atoms with Gasteiger partial charge in [-0.25, -0.2) is 4.79 Å². The van der Waals surface area contributed by atoms with Gasteiger partial charge in [0, 0.05) is 23.4 Å². The Morgan fingerprint density at radius 1 is 1.36 bits per heavy atom. The van der Waals surface area contributed by atoms with Gasteiger partial charge in [0.2, 0.25) is 0 Å². The Balaban J connectivity index is 1.44. The molecule has 1 aromatic carbocycles. The maximum absolute atomic E-state index is 11.9. The number of benzene rings is 1. The van der Waals surface area contributed by atoms with E-state index >= 15 is 0 Å². The van der Waals surface area contributed by atoms with E-state index in [-0.39, 0.29) is 5.97 Å². The SMILES string of the molecule is COC(=O)c1cccc(N2C=C(Nc3cc(C4CC4)[nH]n3)[N+]3C=CN=C3C2)c1. The number of aliphatic imine (C=N–C) groups is 1. The van der Waals surface area contributed by atoms with Crippen molar-refractivity contribution in [2.45, 2.75) is 18.8 Å². The number of nitrogens with one attached hydrogen (secondary N) is 2. The minimum atomic E-state index is -0.355. The highest BCUT2D eigenvalue weighted by atomic mass is 16.5. The zero-order valence-corrected chi connectivity index (χ0v) is 15.4. The van der Waals surface area contributed by atoms with E-state index in [1.54, 1.807) is 12.3 Å². The first-order valence-electron chi connectivity index (χ1n) is 9.23. The summed E-state index contributed by atoms with van der Waals surface area (Å²) in [5.74, 6) is 2.78. The zero-order chi connectivity index (χ0) is 19.1. The maximum Gasteiger partial charge on any atom is 0.337 e. The number of anilines is 2. The van der Waals surface area contributed by atoms with Crippen molar-refractivity contribution in [3.8, 4) is 0 Å². The molecule has 5 rings (SSSR count). The summed E-state index contributed by atoms with van der Waals surface area (Å²) in [4.78, 5) is 20.4. The number of hydrogen-bond donors (Lipinski definition) is 2. The van der Waals surface area contributed by atoms with Crippen molar-refractivity contribution in [2.75, 3.05) is 23.9 Å². The van der Waals surface area contributed by atoms with Crippen LogP contribution in [0.25, 0.3) is 0 Å². The minimum Gasteiger partial charge on any atom is -0.465 e. The number of methoxy groups -OCH3 is 1. The Morgan fingerprint density at radius 3 is 3.07 bits per heavy atom. The van der Waals surface area contributed by atoms with Crippen LogP contribution < -0.4 is 15.1 Å². The molecule has 1 aromatic heterocycles. The van der Waals surface area contributed by atoms with Crippen molar-refractivity contribution < 1.29 is 9.53 Å². The number of aromatic amines is 1. The summed E-state index contributed by atoms with van der Waals surface area (Å²) in [7, 11) is 1.38. The molecule has 0 atom stereocenters. The van der Waals surface area contributed by atoms with Crippen LogP contribution in [0.3, 0.4) is 0 Å². The van der Waals surface area contributed by atoms with Crippen molar-refractivity contribution in [3.63, 3.8) is 0 Å². The lowest BCUT2D eigenvalue weighted by Crippen LogP contribution is -2.45. The number of esters is 1. The number of rotatable bonds is 5. The van der Waals surface area contributed by atoms with Gasteiger partial charge in [0.1, 0.15) is 6.54 Å². The number of carbonyl (C=O) groups excluding carboxylic acids is 1. The molecule has 0 amide bonds. The van der Waals surface area contributed by atoms with E-state index in [1.165, 1.54) is 25.6 Å². The fourth-order valence-corrected chi connectivity index (χ4v) is 3.40. The van der Waals surface area contributed by atoms with Crippen LogP contribution >= 0.6 is 0 Å². The highest BCUT2D eigenvalue weighted by Gasteiger charge is 2.38. The van der Waals surface area contributed by atoms with E-state index in [2.05, 4.69) is 26.6 Å². The molecule has 0 unspecified atom stereocenters. The van der Waals surface area contributed by atoms with Gasteiger partial charge in [0.15, 0.2) is 12.0 Å². The summed E-state index contributed by atoms with van der Waals surface area (Å²) < 4.78 is 4.84. The van der Waals surface area contributed by atoms with Gasteiger partial charge in [0.05, 0.1) is 25.1 Å². The first kappa shape index (κ1) is 16.8. The van der Waals surface area contributed by atoms with Crippen LogP contribution in [0.1, 0.15) is 34.8 Å². The van der Waals surface area contributed by atoms with Crippen LogP contribution in [0.2, 0.25) is 0 Å². The van der Waals surface area contributed by atoms with E-state index in [9.17, 15) is 4.79 Å². The predicted octanol–water partition coefficient (Wildman–Crippen LogP) is 2.83. The van der Waals surface area contributed by atoms with E-state index in [4.69, 9.17) is 4.74 Å². The van der Waals surface area contributed by atoms with Gasteiger partial charge in [-0.1, -0.05) is 6.07 Å². The Labute approximate surface area is 162 Å². The molecule has 2 N–H and O–H groups in total. The lowest BCUT2D eigenvalue weighted by Gasteiger charge is -2.25. The van der Waals surface area contributed by atoms with Gasteiger partial charge >= 0.3 is 5.97 Å². The molecule has 28 heavy (non-hydrogen) atoms. The Bertz CT molecular complexity index is 1020. The Morgan fingerprint density at radius 2 is 2.25 bits per heavy atom. The summed E-state index contributed by atoms with van der Waals surface area (Å²) >= 11 is 0. The molecule has 141 valence electrons. The van der Waals surface area contributed by atoms with Crippen LogP contribution in [0.4, 0.5) is 11.5 Å². The largest absolute Gasteiger partial charge is 0.465 e. The molecule has 8 nitrogen and oxygen atoms in total. The summed E-state index contributed by atoms with van der Waals surface area (Å²) in [6.07, 6.45) is 8.14. The maximum atomic E-state index is 11.9. The molecular formula is C20H20N6O2+. The molecule has 0 saturated heterocycles. The molecule has 3 heterocycles. The number of nitrogens with zero attached hydrogens (tertiary/aromatic N) is 4. The minimum absolute atomic E-state index is 0.355. The van der Waals surface area contributed by atoms with E-state index < -0.39 is 0 Å². The van der Waals surface area contributed by atoms with Crippen LogP contribution in [0, 0.1) is 0 Å². The lowest BCUT2D eigenvalue weighted by molar-refractivity contribution is 0.0601. The number of hydrogen-bond acceptors (Lipinski definition) is 7. The standard InChI is InChI=1S/C20H20N6O2/c1-28-20(27)14-3-2-4-15(9-14)25-11-18-21-7-8-26(18)19(12-25)22-17-10-16(23-24-17)13-5-6-13/h2-4,7-10,12-13H,5-6,11H2,1H3,(H2,22,23,24)/q+1. The quantitative estimate of drug-likeness (QED) is 0.619. The molecule has 1 fully saturated rings. The number of ether oxygens (including phenoxy) is 1. The number of amidine groups is 1. The van der Waals surface area contributed by atoms with E-state index in [0.29, 0.717) is 18.0 Å². The average Bonchev–Trinajstić information content (AvgIpc) is 3.28. The first-order valence-corrected chi connectivity index (χ1v) is 9.23. The van der Waals surface area contributed by atoms with Crippen molar-refractivity contribution in [1.82, 2.24) is 15.1 Å². The highest BCUT2D eigenvalue weighted by molar-refractivity contribution is 5.96. The number of fused-ring (bicyclic) bond motifs is 1. The number of aromatic nitrogens is 2. The van der Waals surface area contributed by atoms with Crippen molar-refractivity contribution in [1.29, 1.82) is 0 Å². The van der Waals surface area contributed by atoms with Gasteiger partial charge < -0.3 is 9.64 Å². The third-order valence-electron chi connectivity index (χ3n) is 5.04. The average molecular weight is 376 g/mol. The molecule has 1 aliphatic carbocycles. The van der Waals surface area contributed by atoms with Crippen molar-refractivity contribution >= 4 is 23.3 Å². The number of carbonyl (C=O) groups is 1. The van der Waals surface area contributed by atoms with E-state index in [0.717, 1.165) is 23.2 Å². The lowest BCUT2D eigenvalue weighted by atomic mass is 10.2. The topological polar surface area (TPSA) is 88.5 Å². The number of H-pyrrole nitrogens is 1. The van der Waals surface area contributed by atoms with Gasteiger partial charge in [-0.05, 0) is 35.9 Å². The molecule has 2 aliphatic heterocycles. The van der Waals surface area contributed by atoms with Gasteiger partial charge in [0.25, 0.3) is 11.7 Å². The van der Waals surface area contributed by atoms with Gasteiger partial charge in [-0.3, -0.25) is 10.4 Å². The second-order valence-electron chi connectivity index (χ2n) is 7.01. The monoisotopic (exact) mass is 376 g/mol. The second-order valence-corrected chi connectivity index (χ2v) is 7.01. The van der Waals surface area contributed by atoms with Crippen LogP contribution in [-0.4, -0.2) is 35.7 Å². The molecule has 0 spiro atoms. The van der Waals surface area contributed by atoms with Crippen LogP contribution in [0.15, 0.2) is 59.7 Å². The molecular weight excluding hydrogens is 356 g/mol. The molecule has 2 aromatic rings. The molecule has 1 saturated carbocycles. The summed E-state index contributed by atoms with van der Waals surface area (Å²) in [5, 5.41) is 10.9. The van der Waals surface area contributed by atoms with E-state index in [1.807, 2.05) is 40.4 Å². The Kier molecular flexibility index (Phi) is 3.98. The van der Waals surface area contributed by atoms with Crippen molar-refractivity contribution in [3.05, 3.63) is 66.0 Å². The predicted molar refractivity (Wildman–Crippen MR) is 106 cm³/mol. The molecule has 3 aliphatic rings. The van der Waals surface area contributed by atoms with Gasteiger partial charge in [-0.2, -0.15) is 10.1 Å². The van der Waals surface area contributed by atoms with Crippen molar-refractivity contribution in [2.24, 2.45) is 4.99 Å². The molecule has 0 bridgehead atoms. The second kappa shape index (κ2) is 6.65. The third kappa shape index (κ3) is 3.07. The summed E-state index contributed by atoms with van der Waals surface area (Å²) in [6, 6.07) is 9.43. The fourth-order valence-electron chi connectivity index (χ4n) is 3.40. The van der Waals surface area contributed by atoms with Crippen LogP contribution in [0.5, 0.6) is 0 Å². The summed E-state index contributed by atoms with van der Waals surface area (Å²) in [6.45, 7) is 0.594. The highest BCUT2D eigenvalue weighted by Crippen LogP contribution is 2.39. The van der Waals surface area contributed by atoms with Gasteiger partial charge in [-0.15, -0.1) is 0 Å². The molecule has 1 radical (unpaired) electrons. The smallest absolute Gasteiger partial charge is 0.337 e. The third-order valence-corrected chi connectivity index (χ3v) is 5.04. The first-order chi connectivity index (χ1) is 13.7. The molecule has 8 heteroatoms.